The number of nitrogens with zero attached hydrogens (tertiary/aromatic N) is 1. The van der Waals surface area contributed by atoms with E-state index in [9.17, 15) is 9.59 Å². The molecule has 5 heteroatoms. The minimum Gasteiger partial charge on any atom is -0.302 e. The van der Waals surface area contributed by atoms with E-state index < -0.39 is 0 Å². The lowest BCUT2D eigenvalue weighted by Crippen LogP contribution is -2.18. The molecule has 0 spiro atoms. The third-order valence-electron chi connectivity index (χ3n) is 2.47. The molecule has 15 heavy (non-hydrogen) atoms. The summed E-state index contributed by atoms with van der Waals surface area (Å²) in [6.45, 7) is 3.37. The Morgan fingerprint density at radius 2 is 2.33 bits per heavy atom. The summed E-state index contributed by atoms with van der Waals surface area (Å²) >= 11 is 1.28. The Labute approximate surface area is 91.7 Å². The quantitative estimate of drug-likeness (QED) is 0.792. The number of anilines is 1. The highest BCUT2D eigenvalue weighted by molar-refractivity contribution is 7.17. The highest BCUT2D eigenvalue weighted by Gasteiger charge is 2.27. The van der Waals surface area contributed by atoms with Crippen LogP contribution in [0.25, 0.3) is 0 Å². The van der Waals surface area contributed by atoms with Gasteiger partial charge in [0.1, 0.15) is 0 Å². The first-order chi connectivity index (χ1) is 7.08. The number of thiazole rings is 1. The van der Waals surface area contributed by atoms with Gasteiger partial charge in [-0.05, 0) is 12.8 Å². The van der Waals surface area contributed by atoms with E-state index >= 15 is 0 Å². The Morgan fingerprint density at radius 3 is 3.00 bits per heavy atom. The summed E-state index contributed by atoms with van der Waals surface area (Å²) in [7, 11) is 0. The average molecular weight is 224 g/mol. The van der Waals surface area contributed by atoms with Crippen molar-refractivity contribution in [1.29, 1.82) is 0 Å². The van der Waals surface area contributed by atoms with E-state index in [0.29, 0.717) is 5.13 Å². The van der Waals surface area contributed by atoms with E-state index in [4.69, 9.17) is 0 Å². The van der Waals surface area contributed by atoms with E-state index in [2.05, 4.69) is 10.3 Å². The van der Waals surface area contributed by atoms with E-state index in [1.54, 1.807) is 0 Å². The summed E-state index contributed by atoms with van der Waals surface area (Å²) in [6.07, 6.45) is 1.69. The first-order valence-electron chi connectivity index (χ1n) is 4.89. The molecule has 1 heterocycles. The van der Waals surface area contributed by atoms with Gasteiger partial charge in [0.2, 0.25) is 5.91 Å². The number of rotatable bonds is 1. The van der Waals surface area contributed by atoms with Crippen molar-refractivity contribution in [2.45, 2.75) is 26.7 Å². The highest BCUT2D eigenvalue weighted by Crippen LogP contribution is 2.31. The number of carbonyl (C=O) groups is 2. The van der Waals surface area contributed by atoms with Crippen molar-refractivity contribution in [1.82, 2.24) is 4.98 Å². The molecule has 2 rings (SSSR count). The number of hydrogen-bond acceptors (Lipinski definition) is 4. The number of hydrogen-bond donors (Lipinski definition) is 1. The Morgan fingerprint density at radius 1 is 1.60 bits per heavy atom. The lowest BCUT2D eigenvalue weighted by atomic mass is 9.92. The maximum Gasteiger partial charge on any atom is 0.223 e. The zero-order chi connectivity index (χ0) is 11.0. The van der Waals surface area contributed by atoms with Crippen LogP contribution in [0.5, 0.6) is 0 Å². The molecule has 1 N–H and O–H groups in total. The molecule has 0 saturated heterocycles. The fourth-order valence-electron chi connectivity index (χ4n) is 1.63. The summed E-state index contributed by atoms with van der Waals surface area (Å²) in [5.41, 5.74) is 0.840. The van der Waals surface area contributed by atoms with Crippen LogP contribution in [0.2, 0.25) is 0 Å². The van der Waals surface area contributed by atoms with Crippen LogP contribution in [0.4, 0.5) is 5.13 Å². The van der Waals surface area contributed by atoms with E-state index in [1.807, 2.05) is 6.92 Å². The molecule has 1 aromatic heterocycles. The zero-order valence-corrected chi connectivity index (χ0v) is 9.48. The predicted octanol–water partition coefficient (Wildman–Crippen LogP) is 1.87. The summed E-state index contributed by atoms with van der Waals surface area (Å²) < 4.78 is 0. The van der Waals surface area contributed by atoms with Crippen molar-refractivity contribution in [3.05, 3.63) is 10.6 Å². The highest BCUT2D eigenvalue weighted by atomic mass is 32.1. The van der Waals surface area contributed by atoms with Gasteiger partial charge in [-0.3, -0.25) is 9.59 Å². The molecule has 1 aromatic rings. The summed E-state index contributed by atoms with van der Waals surface area (Å²) in [4.78, 5) is 27.6. The van der Waals surface area contributed by atoms with Crippen molar-refractivity contribution < 1.29 is 9.59 Å². The van der Waals surface area contributed by atoms with Crippen LogP contribution in [-0.4, -0.2) is 16.7 Å². The van der Waals surface area contributed by atoms with Crippen molar-refractivity contribution in [3.63, 3.8) is 0 Å². The molecule has 0 aromatic carbocycles. The molecule has 1 atom stereocenters. The first kappa shape index (κ1) is 10.3. The molecule has 0 saturated carbocycles. The lowest BCUT2D eigenvalue weighted by molar-refractivity contribution is -0.114. The van der Waals surface area contributed by atoms with Gasteiger partial charge in [-0.1, -0.05) is 18.3 Å². The Bertz CT molecular complexity index is 425. The number of aromatic nitrogens is 1. The molecule has 1 aliphatic rings. The van der Waals surface area contributed by atoms with Gasteiger partial charge in [-0.2, -0.15) is 0 Å². The number of ketones is 1. The van der Waals surface area contributed by atoms with Gasteiger partial charge in [0.05, 0.1) is 10.6 Å². The number of aryl methyl sites for hydroxylation is 1. The molecular weight excluding hydrogens is 212 g/mol. The molecule has 0 bridgehead atoms. The standard InChI is InChI=1S/C10H12N2O2S/c1-5-3-4-7-9(8(5)14)15-10(12-7)11-6(2)13/h5H,3-4H2,1-2H3,(H,11,12,13). The van der Waals surface area contributed by atoms with Gasteiger partial charge in [0.25, 0.3) is 0 Å². The number of carbonyl (C=O) groups excluding carboxylic acids is 2. The van der Waals surface area contributed by atoms with Gasteiger partial charge in [0, 0.05) is 12.8 Å². The van der Waals surface area contributed by atoms with Gasteiger partial charge >= 0.3 is 0 Å². The van der Waals surface area contributed by atoms with E-state index in [1.165, 1.54) is 18.3 Å². The van der Waals surface area contributed by atoms with Crippen molar-refractivity contribution in [3.8, 4) is 0 Å². The predicted molar refractivity (Wildman–Crippen MR) is 58.2 cm³/mol. The molecule has 1 unspecified atom stereocenters. The topological polar surface area (TPSA) is 59.1 Å². The second kappa shape index (κ2) is 3.73. The fraction of sp³-hybridized carbons (Fsp3) is 0.500. The molecule has 1 aliphatic carbocycles. The molecule has 0 aliphatic heterocycles. The van der Waals surface area contributed by atoms with Crippen molar-refractivity contribution >= 4 is 28.2 Å². The van der Waals surface area contributed by atoms with Crippen LogP contribution < -0.4 is 5.32 Å². The molecule has 0 fully saturated rings. The zero-order valence-electron chi connectivity index (χ0n) is 8.66. The first-order valence-corrected chi connectivity index (χ1v) is 5.71. The van der Waals surface area contributed by atoms with E-state index in [-0.39, 0.29) is 17.6 Å². The number of Topliss-reactive ketones (excluding diaryl/α,β-unsaturated/α-hetero) is 1. The van der Waals surface area contributed by atoms with Crippen LogP contribution in [0.15, 0.2) is 0 Å². The largest absolute Gasteiger partial charge is 0.302 e. The SMILES string of the molecule is CC(=O)Nc1nc2c(s1)C(=O)C(C)CC2. The van der Waals surface area contributed by atoms with Gasteiger partial charge in [-0.15, -0.1) is 0 Å². The molecule has 0 radical (unpaired) electrons. The third kappa shape index (κ3) is 1.92. The summed E-state index contributed by atoms with van der Waals surface area (Å²) in [5, 5.41) is 3.15. The number of amides is 1. The summed E-state index contributed by atoms with van der Waals surface area (Å²) in [5.74, 6) is 0.0927. The smallest absolute Gasteiger partial charge is 0.223 e. The lowest BCUT2D eigenvalue weighted by Gasteiger charge is -2.14. The normalized spacial score (nSPS) is 19.9. The maximum atomic E-state index is 11.8. The second-order valence-corrected chi connectivity index (χ2v) is 4.78. The van der Waals surface area contributed by atoms with Crippen molar-refractivity contribution in [2.75, 3.05) is 5.32 Å². The van der Waals surface area contributed by atoms with Gasteiger partial charge < -0.3 is 5.32 Å². The number of nitrogens with one attached hydrogen (secondary N) is 1. The van der Waals surface area contributed by atoms with Crippen LogP contribution in [0, 0.1) is 5.92 Å². The van der Waals surface area contributed by atoms with Crippen LogP contribution >= 0.6 is 11.3 Å². The Kier molecular flexibility index (Phi) is 2.56. The number of fused-ring (bicyclic) bond motifs is 1. The van der Waals surface area contributed by atoms with Gasteiger partial charge in [-0.25, -0.2) is 4.98 Å². The summed E-state index contributed by atoms with van der Waals surface area (Å²) in [6, 6.07) is 0. The molecular formula is C10H12N2O2S. The van der Waals surface area contributed by atoms with E-state index in [0.717, 1.165) is 23.4 Å². The van der Waals surface area contributed by atoms with Crippen LogP contribution in [-0.2, 0) is 11.2 Å². The maximum absolute atomic E-state index is 11.8. The minimum absolute atomic E-state index is 0.0862. The van der Waals surface area contributed by atoms with Crippen LogP contribution in [0.1, 0.15) is 35.6 Å². The third-order valence-corrected chi connectivity index (χ3v) is 3.49. The average Bonchev–Trinajstić information content (AvgIpc) is 2.54. The fourth-order valence-corrected chi connectivity index (χ4v) is 2.74. The molecule has 80 valence electrons. The molecule has 4 nitrogen and oxygen atoms in total. The Balaban J connectivity index is 2.31. The molecule has 1 amide bonds. The van der Waals surface area contributed by atoms with Crippen LogP contribution in [0.3, 0.4) is 0 Å². The van der Waals surface area contributed by atoms with Crippen molar-refractivity contribution in [2.24, 2.45) is 5.92 Å². The monoisotopic (exact) mass is 224 g/mol. The second-order valence-electron chi connectivity index (χ2n) is 3.78. The Hall–Kier alpha value is -1.23. The van der Waals surface area contributed by atoms with Gasteiger partial charge in [0.15, 0.2) is 10.9 Å². The minimum atomic E-state index is -0.151.